The van der Waals surface area contributed by atoms with E-state index in [4.69, 9.17) is 0 Å². The summed E-state index contributed by atoms with van der Waals surface area (Å²) in [6, 6.07) is 0. The summed E-state index contributed by atoms with van der Waals surface area (Å²) in [6.45, 7) is 7.28. The maximum absolute atomic E-state index is 3.55. The second kappa shape index (κ2) is 2.67. The molecule has 0 aliphatic carbocycles. The summed E-state index contributed by atoms with van der Waals surface area (Å²) >= 11 is 0. The molecule has 3 saturated heterocycles. The lowest BCUT2D eigenvalue weighted by molar-refractivity contribution is 0.0535. The normalized spacial score (nSPS) is 43.0. The smallest absolute Gasteiger partial charge is 0.0895 e. The number of nitrogens with one attached hydrogen (secondary N) is 2. The predicted molar refractivity (Wildman–Crippen MR) is 46.7 cm³/mol. The summed E-state index contributed by atoms with van der Waals surface area (Å²) in [6.07, 6.45) is 1.17. The average Bonchev–Trinajstić information content (AvgIpc) is 2.71. The second-order valence-corrected chi connectivity index (χ2v) is 3.87. The molecule has 4 nitrogen and oxygen atoms in total. The molecule has 0 unspecified atom stereocenters. The van der Waals surface area contributed by atoms with Gasteiger partial charge in [-0.1, -0.05) is 0 Å². The molecule has 3 fully saturated rings. The van der Waals surface area contributed by atoms with Crippen LogP contribution in [0.25, 0.3) is 0 Å². The molecule has 68 valence electrons. The maximum Gasteiger partial charge on any atom is 0.0895 e. The number of fused-ring (bicyclic) bond motifs is 3. The van der Waals surface area contributed by atoms with Gasteiger partial charge in [0.1, 0.15) is 0 Å². The van der Waals surface area contributed by atoms with Crippen molar-refractivity contribution in [3.05, 3.63) is 0 Å². The minimum Gasteiger partial charge on any atom is -0.298 e. The van der Waals surface area contributed by atoms with Crippen molar-refractivity contribution in [1.29, 1.82) is 0 Å². The first-order valence-electron chi connectivity index (χ1n) is 4.90. The Morgan fingerprint density at radius 1 is 0.750 bits per heavy atom. The number of piperazine rings is 1. The molecule has 12 heavy (non-hydrogen) atoms. The molecule has 0 amide bonds. The number of hydrogen-bond donors (Lipinski definition) is 2. The molecule has 3 heterocycles. The van der Waals surface area contributed by atoms with Crippen LogP contribution in [0.1, 0.15) is 0 Å². The fraction of sp³-hybridized carbons (Fsp3) is 1.00. The first kappa shape index (κ1) is 7.26. The molecule has 0 bridgehead atoms. The van der Waals surface area contributed by atoms with Gasteiger partial charge in [-0.2, -0.15) is 0 Å². The van der Waals surface area contributed by atoms with Crippen LogP contribution in [0.15, 0.2) is 0 Å². The molecule has 0 spiro atoms. The predicted octanol–water partition coefficient (Wildman–Crippen LogP) is -1.54. The van der Waals surface area contributed by atoms with Gasteiger partial charge in [0.25, 0.3) is 0 Å². The highest BCUT2D eigenvalue weighted by molar-refractivity contribution is 4.95. The highest BCUT2D eigenvalue weighted by Gasteiger charge is 2.40. The topological polar surface area (TPSA) is 30.5 Å². The third-order valence-electron chi connectivity index (χ3n) is 3.27. The Hall–Kier alpha value is -0.160. The Morgan fingerprint density at radius 3 is 1.75 bits per heavy atom. The fourth-order valence-corrected chi connectivity index (χ4v) is 2.63. The van der Waals surface area contributed by atoms with Gasteiger partial charge in [-0.05, 0) is 0 Å². The summed E-state index contributed by atoms with van der Waals surface area (Å²) in [4.78, 5) is 5.11. The molecular weight excluding hydrogens is 152 g/mol. The maximum atomic E-state index is 3.55. The SMILES string of the molecule is C1CN2CCN3CCN[C@@H]3[C@H]2N1. The van der Waals surface area contributed by atoms with Crippen LogP contribution >= 0.6 is 0 Å². The highest BCUT2D eigenvalue weighted by Crippen LogP contribution is 2.18. The van der Waals surface area contributed by atoms with Crippen LogP contribution < -0.4 is 10.6 Å². The van der Waals surface area contributed by atoms with Gasteiger partial charge in [0.2, 0.25) is 0 Å². The van der Waals surface area contributed by atoms with E-state index in [9.17, 15) is 0 Å². The van der Waals surface area contributed by atoms with E-state index in [1.165, 1.54) is 26.2 Å². The number of hydrogen-bond acceptors (Lipinski definition) is 4. The largest absolute Gasteiger partial charge is 0.298 e. The molecule has 0 aromatic carbocycles. The van der Waals surface area contributed by atoms with Crippen LogP contribution in [0.5, 0.6) is 0 Å². The van der Waals surface area contributed by atoms with Crippen LogP contribution in [0.2, 0.25) is 0 Å². The van der Waals surface area contributed by atoms with E-state index in [1.807, 2.05) is 0 Å². The lowest BCUT2D eigenvalue weighted by Gasteiger charge is -2.40. The van der Waals surface area contributed by atoms with E-state index in [-0.39, 0.29) is 0 Å². The van der Waals surface area contributed by atoms with Crippen molar-refractivity contribution in [2.45, 2.75) is 12.3 Å². The van der Waals surface area contributed by atoms with E-state index in [0.29, 0.717) is 12.3 Å². The Morgan fingerprint density at radius 2 is 1.25 bits per heavy atom. The van der Waals surface area contributed by atoms with Gasteiger partial charge in [-0.3, -0.25) is 20.4 Å². The molecule has 0 aromatic rings. The molecule has 2 atom stereocenters. The zero-order valence-corrected chi connectivity index (χ0v) is 7.29. The van der Waals surface area contributed by atoms with Crippen molar-refractivity contribution in [3.63, 3.8) is 0 Å². The summed E-state index contributed by atoms with van der Waals surface area (Å²) in [5.41, 5.74) is 0. The molecule has 0 aromatic heterocycles. The number of rotatable bonds is 0. The van der Waals surface area contributed by atoms with Crippen LogP contribution in [-0.4, -0.2) is 61.4 Å². The van der Waals surface area contributed by atoms with Crippen LogP contribution in [-0.2, 0) is 0 Å². The van der Waals surface area contributed by atoms with Gasteiger partial charge >= 0.3 is 0 Å². The van der Waals surface area contributed by atoms with Gasteiger partial charge in [0.05, 0.1) is 12.3 Å². The second-order valence-electron chi connectivity index (χ2n) is 3.87. The Labute approximate surface area is 72.9 Å². The van der Waals surface area contributed by atoms with Crippen molar-refractivity contribution < 1.29 is 0 Å². The molecule has 3 rings (SSSR count). The van der Waals surface area contributed by atoms with E-state index in [0.717, 1.165) is 13.1 Å². The van der Waals surface area contributed by atoms with Crippen LogP contribution in [0.3, 0.4) is 0 Å². The summed E-state index contributed by atoms with van der Waals surface area (Å²) in [5, 5.41) is 7.10. The van der Waals surface area contributed by atoms with Gasteiger partial charge in [0.15, 0.2) is 0 Å². The van der Waals surface area contributed by atoms with Crippen molar-refractivity contribution in [2.75, 3.05) is 39.3 Å². The third kappa shape index (κ3) is 0.925. The van der Waals surface area contributed by atoms with Crippen molar-refractivity contribution in [1.82, 2.24) is 20.4 Å². The fourth-order valence-electron chi connectivity index (χ4n) is 2.63. The third-order valence-corrected chi connectivity index (χ3v) is 3.27. The van der Waals surface area contributed by atoms with Gasteiger partial charge < -0.3 is 0 Å². The Balaban J connectivity index is 1.81. The van der Waals surface area contributed by atoms with Crippen LogP contribution in [0, 0.1) is 0 Å². The molecule has 3 aliphatic heterocycles. The molecule has 0 radical (unpaired) electrons. The minimum atomic E-state index is 0.584. The molecule has 4 heteroatoms. The number of nitrogens with zero attached hydrogens (tertiary/aromatic N) is 2. The van der Waals surface area contributed by atoms with Gasteiger partial charge in [0, 0.05) is 39.3 Å². The first-order valence-corrected chi connectivity index (χ1v) is 4.90. The van der Waals surface area contributed by atoms with E-state index in [1.54, 1.807) is 0 Å². The van der Waals surface area contributed by atoms with E-state index < -0.39 is 0 Å². The zero-order valence-electron chi connectivity index (χ0n) is 7.29. The van der Waals surface area contributed by atoms with Gasteiger partial charge in [-0.25, -0.2) is 0 Å². The van der Waals surface area contributed by atoms with E-state index >= 15 is 0 Å². The first-order chi connectivity index (χ1) is 5.95. The quantitative estimate of drug-likeness (QED) is 0.459. The Kier molecular flexibility index (Phi) is 1.61. The molecular formula is C8H16N4. The van der Waals surface area contributed by atoms with Crippen LogP contribution in [0.4, 0.5) is 0 Å². The average molecular weight is 168 g/mol. The molecule has 2 N–H and O–H groups in total. The van der Waals surface area contributed by atoms with Gasteiger partial charge in [-0.15, -0.1) is 0 Å². The zero-order chi connectivity index (χ0) is 7.97. The molecule has 3 aliphatic rings. The summed E-state index contributed by atoms with van der Waals surface area (Å²) in [7, 11) is 0. The van der Waals surface area contributed by atoms with Crippen molar-refractivity contribution in [2.24, 2.45) is 0 Å². The van der Waals surface area contributed by atoms with Crippen molar-refractivity contribution >= 4 is 0 Å². The standard InChI is InChI=1S/C8H16N4/c1-3-11-5-6-12-4-2-10-8(12)7(11)9-1/h7-10H,1-6H2/t7-,8-/m0/s1. The molecule has 0 saturated carbocycles. The monoisotopic (exact) mass is 168 g/mol. The lowest BCUT2D eigenvalue weighted by Crippen LogP contribution is -2.61. The highest BCUT2D eigenvalue weighted by atomic mass is 15.5. The summed E-state index contributed by atoms with van der Waals surface area (Å²) < 4.78 is 0. The lowest BCUT2D eigenvalue weighted by atomic mass is 10.2. The minimum absolute atomic E-state index is 0.584. The van der Waals surface area contributed by atoms with E-state index in [2.05, 4.69) is 20.4 Å². The van der Waals surface area contributed by atoms with Crippen molar-refractivity contribution in [3.8, 4) is 0 Å². The Bertz CT molecular complexity index is 164. The summed E-state index contributed by atoms with van der Waals surface area (Å²) in [5.74, 6) is 0.